The molecule has 0 heterocycles. The molecule has 5 nitrogen and oxygen atoms in total. The molecule has 126 valence electrons. The van der Waals surface area contributed by atoms with E-state index in [0.29, 0.717) is 6.07 Å². The van der Waals surface area contributed by atoms with Crippen LogP contribution >= 0.6 is 0 Å². The third-order valence-corrected chi connectivity index (χ3v) is 4.94. The number of sulfonamides is 1. The Morgan fingerprint density at radius 3 is 2.33 bits per heavy atom. The zero-order valence-corrected chi connectivity index (χ0v) is 13.2. The van der Waals surface area contributed by atoms with Gasteiger partial charge in [0.2, 0.25) is 10.0 Å². The molecule has 1 aliphatic carbocycles. The number of benzene rings is 2. The van der Waals surface area contributed by atoms with E-state index in [-0.39, 0.29) is 22.2 Å². The van der Waals surface area contributed by atoms with Crippen LogP contribution in [0.3, 0.4) is 0 Å². The van der Waals surface area contributed by atoms with Gasteiger partial charge in [-0.1, -0.05) is 6.07 Å². The van der Waals surface area contributed by atoms with Crippen molar-refractivity contribution in [1.29, 1.82) is 0 Å². The minimum Gasteiger partial charge on any atom is -0.322 e. The predicted molar refractivity (Wildman–Crippen MR) is 84.1 cm³/mol. The van der Waals surface area contributed by atoms with Crippen LogP contribution in [0.4, 0.5) is 14.5 Å². The van der Waals surface area contributed by atoms with Crippen LogP contribution in [-0.4, -0.2) is 20.4 Å². The van der Waals surface area contributed by atoms with Gasteiger partial charge in [0, 0.05) is 23.4 Å². The van der Waals surface area contributed by atoms with E-state index in [0.717, 1.165) is 25.0 Å². The number of carbonyl (C=O) groups excluding carboxylic acids is 1. The van der Waals surface area contributed by atoms with Crippen molar-refractivity contribution in [3.05, 3.63) is 59.7 Å². The molecular formula is C16H14F2N2O3S. The van der Waals surface area contributed by atoms with Crippen molar-refractivity contribution in [2.75, 3.05) is 5.32 Å². The van der Waals surface area contributed by atoms with E-state index in [1.165, 1.54) is 24.3 Å². The lowest BCUT2D eigenvalue weighted by Crippen LogP contribution is -2.26. The van der Waals surface area contributed by atoms with Gasteiger partial charge in [-0.05, 0) is 43.2 Å². The van der Waals surface area contributed by atoms with Gasteiger partial charge in [-0.25, -0.2) is 21.9 Å². The van der Waals surface area contributed by atoms with Gasteiger partial charge in [0.1, 0.15) is 11.6 Å². The van der Waals surface area contributed by atoms with Gasteiger partial charge in [0.15, 0.2) is 0 Å². The van der Waals surface area contributed by atoms with E-state index in [4.69, 9.17) is 0 Å². The molecule has 1 saturated carbocycles. The quantitative estimate of drug-likeness (QED) is 0.869. The molecule has 2 aromatic rings. The summed E-state index contributed by atoms with van der Waals surface area (Å²) in [5, 5.41) is 2.34. The van der Waals surface area contributed by atoms with Gasteiger partial charge >= 0.3 is 0 Å². The maximum absolute atomic E-state index is 13.1. The molecule has 0 radical (unpaired) electrons. The van der Waals surface area contributed by atoms with Gasteiger partial charge in [-0.15, -0.1) is 0 Å². The molecule has 0 aromatic heterocycles. The molecule has 1 amide bonds. The zero-order valence-electron chi connectivity index (χ0n) is 12.4. The number of hydrogen-bond acceptors (Lipinski definition) is 3. The summed E-state index contributed by atoms with van der Waals surface area (Å²) in [6, 6.07) is 8.02. The molecule has 0 unspecified atom stereocenters. The molecule has 2 aromatic carbocycles. The Bertz CT molecular complexity index is 876. The first-order valence-corrected chi connectivity index (χ1v) is 8.72. The van der Waals surface area contributed by atoms with E-state index in [1.807, 2.05) is 0 Å². The first kappa shape index (κ1) is 16.5. The first-order chi connectivity index (χ1) is 11.3. The van der Waals surface area contributed by atoms with Crippen LogP contribution < -0.4 is 10.0 Å². The second-order valence-electron chi connectivity index (χ2n) is 5.54. The van der Waals surface area contributed by atoms with Gasteiger partial charge in [-0.2, -0.15) is 0 Å². The fourth-order valence-electron chi connectivity index (χ4n) is 2.12. The summed E-state index contributed by atoms with van der Waals surface area (Å²) in [7, 11) is -3.69. The largest absolute Gasteiger partial charge is 0.322 e. The third kappa shape index (κ3) is 3.95. The number of anilines is 1. The Labute approximate surface area is 137 Å². The van der Waals surface area contributed by atoms with E-state index >= 15 is 0 Å². The van der Waals surface area contributed by atoms with Gasteiger partial charge in [0.25, 0.3) is 5.91 Å². The Kier molecular flexibility index (Phi) is 4.33. The molecule has 2 N–H and O–H groups in total. The summed E-state index contributed by atoms with van der Waals surface area (Å²) >= 11 is 0. The summed E-state index contributed by atoms with van der Waals surface area (Å²) in [5.41, 5.74) is 0.0141. The highest BCUT2D eigenvalue weighted by molar-refractivity contribution is 7.89. The highest BCUT2D eigenvalue weighted by Gasteiger charge is 2.28. The summed E-state index contributed by atoms with van der Waals surface area (Å²) in [5.74, 6) is -2.31. The van der Waals surface area contributed by atoms with Crippen molar-refractivity contribution in [2.45, 2.75) is 23.8 Å². The summed E-state index contributed by atoms with van der Waals surface area (Å²) < 4.78 is 53.1. The fourth-order valence-corrected chi connectivity index (χ4v) is 3.47. The molecular weight excluding hydrogens is 338 g/mol. The van der Waals surface area contributed by atoms with Crippen molar-refractivity contribution in [1.82, 2.24) is 4.72 Å². The molecule has 0 bridgehead atoms. The fraction of sp³-hybridized carbons (Fsp3) is 0.188. The monoisotopic (exact) mass is 352 g/mol. The van der Waals surface area contributed by atoms with E-state index in [2.05, 4.69) is 10.0 Å². The molecule has 0 saturated heterocycles. The Morgan fingerprint density at radius 2 is 1.71 bits per heavy atom. The maximum atomic E-state index is 13.1. The van der Waals surface area contributed by atoms with Crippen LogP contribution in [0.15, 0.2) is 47.4 Å². The standard InChI is InChI=1S/C16H14F2N2O3S/c17-11-7-12(18)9-14(8-11)19-16(21)10-2-1-3-15(6-10)24(22,23)20-13-4-5-13/h1-3,6-9,13,20H,4-5H2,(H,19,21). The van der Waals surface area contributed by atoms with Crippen molar-refractivity contribution < 1.29 is 22.0 Å². The molecule has 1 fully saturated rings. The van der Waals surface area contributed by atoms with Crippen LogP contribution in [0, 0.1) is 11.6 Å². The van der Waals surface area contributed by atoms with E-state index < -0.39 is 27.6 Å². The molecule has 24 heavy (non-hydrogen) atoms. The summed E-state index contributed by atoms with van der Waals surface area (Å²) in [6.45, 7) is 0. The zero-order chi connectivity index (χ0) is 17.3. The number of halogens is 2. The van der Waals surface area contributed by atoms with Crippen molar-refractivity contribution >= 4 is 21.6 Å². The van der Waals surface area contributed by atoms with Gasteiger partial charge in [0.05, 0.1) is 4.90 Å². The highest BCUT2D eigenvalue weighted by Crippen LogP contribution is 2.23. The second-order valence-corrected chi connectivity index (χ2v) is 7.25. The normalized spacial score (nSPS) is 14.4. The van der Waals surface area contributed by atoms with Crippen LogP contribution in [-0.2, 0) is 10.0 Å². The Balaban J connectivity index is 1.81. The molecule has 1 aliphatic rings. The molecule has 0 spiro atoms. The number of carbonyl (C=O) groups is 1. The molecule has 3 rings (SSSR count). The van der Waals surface area contributed by atoms with Gasteiger partial charge in [-0.3, -0.25) is 4.79 Å². The van der Waals surface area contributed by atoms with Crippen molar-refractivity contribution in [2.24, 2.45) is 0 Å². The topological polar surface area (TPSA) is 75.3 Å². The number of rotatable bonds is 5. The van der Waals surface area contributed by atoms with Crippen LogP contribution in [0.5, 0.6) is 0 Å². The first-order valence-electron chi connectivity index (χ1n) is 7.23. The average Bonchev–Trinajstić information content (AvgIpc) is 3.29. The second kappa shape index (κ2) is 6.29. The lowest BCUT2D eigenvalue weighted by atomic mass is 10.2. The highest BCUT2D eigenvalue weighted by atomic mass is 32.2. The Hall–Kier alpha value is -2.32. The lowest BCUT2D eigenvalue weighted by molar-refractivity contribution is 0.102. The molecule has 0 aliphatic heterocycles. The van der Waals surface area contributed by atoms with E-state index in [1.54, 1.807) is 0 Å². The Morgan fingerprint density at radius 1 is 1.04 bits per heavy atom. The number of amides is 1. The maximum Gasteiger partial charge on any atom is 0.255 e. The minimum absolute atomic E-state index is 0.0347. The smallest absolute Gasteiger partial charge is 0.255 e. The van der Waals surface area contributed by atoms with Crippen molar-refractivity contribution in [3.8, 4) is 0 Å². The van der Waals surface area contributed by atoms with Gasteiger partial charge < -0.3 is 5.32 Å². The molecule has 8 heteroatoms. The SMILES string of the molecule is O=C(Nc1cc(F)cc(F)c1)c1cccc(S(=O)(=O)NC2CC2)c1. The predicted octanol–water partition coefficient (Wildman–Crippen LogP) is 2.66. The van der Waals surface area contributed by atoms with Crippen LogP contribution in [0.2, 0.25) is 0 Å². The summed E-state index contributed by atoms with van der Waals surface area (Å²) in [6.07, 6.45) is 1.59. The average molecular weight is 352 g/mol. The van der Waals surface area contributed by atoms with Crippen LogP contribution in [0.1, 0.15) is 23.2 Å². The third-order valence-electron chi connectivity index (χ3n) is 3.43. The number of hydrogen-bond donors (Lipinski definition) is 2. The minimum atomic E-state index is -3.69. The lowest BCUT2D eigenvalue weighted by Gasteiger charge is -2.09. The van der Waals surface area contributed by atoms with Crippen LogP contribution in [0.25, 0.3) is 0 Å². The summed E-state index contributed by atoms with van der Waals surface area (Å²) in [4.78, 5) is 12.1. The molecule has 0 atom stereocenters. The van der Waals surface area contributed by atoms with E-state index in [9.17, 15) is 22.0 Å². The number of nitrogens with one attached hydrogen (secondary N) is 2. The van der Waals surface area contributed by atoms with Crippen molar-refractivity contribution in [3.63, 3.8) is 0 Å².